The van der Waals surface area contributed by atoms with Gasteiger partial charge in [0.25, 0.3) is 0 Å². The Hall–Kier alpha value is -0.300. The molecule has 1 N–H and O–H groups in total. The van der Waals surface area contributed by atoms with E-state index in [1.165, 1.54) is 57.8 Å². The maximum atomic E-state index is 10.2. The highest BCUT2D eigenvalue weighted by Crippen LogP contribution is 2.67. The summed E-state index contributed by atoms with van der Waals surface area (Å²) in [5, 5.41) is 10.2. The summed E-state index contributed by atoms with van der Waals surface area (Å²) in [5.41, 5.74) is 2.60. The van der Waals surface area contributed by atoms with Crippen molar-refractivity contribution in [2.75, 3.05) is 0 Å². The molecule has 0 saturated heterocycles. The summed E-state index contributed by atoms with van der Waals surface area (Å²) in [4.78, 5) is 0. The molecule has 8 atom stereocenters. The van der Waals surface area contributed by atoms with Gasteiger partial charge in [0.15, 0.2) is 0 Å². The standard InChI is InChI=1S/C27H46O/c1-18(2)7-6-8-19(3)23-11-12-24-22-10-9-20-17-21(28)13-15-26(20,4)25(22)14-16-27(23,24)5/h9,18-19,21-25,28H,6-8,10-17H2,1-5H3/t19-,21?,22?,23-,24?,25?,26+,27-/m0/s1. The van der Waals surface area contributed by atoms with Gasteiger partial charge in [0, 0.05) is 0 Å². The highest BCUT2D eigenvalue weighted by molar-refractivity contribution is 5.25. The Bertz CT molecular complexity index is 591. The van der Waals surface area contributed by atoms with E-state index in [1.54, 1.807) is 5.57 Å². The molecule has 0 aromatic heterocycles. The zero-order valence-electron chi connectivity index (χ0n) is 19.3. The minimum Gasteiger partial charge on any atom is -0.393 e. The molecule has 0 aromatic rings. The number of hydrogen-bond acceptors (Lipinski definition) is 1. The predicted octanol–water partition coefficient (Wildman–Crippen LogP) is 7.39. The molecule has 4 rings (SSSR count). The lowest BCUT2D eigenvalue weighted by molar-refractivity contribution is -0.0573. The van der Waals surface area contributed by atoms with Gasteiger partial charge in [-0.05, 0) is 97.7 Å². The van der Waals surface area contributed by atoms with Crippen molar-refractivity contribution >= 4 is 0 Å². The van der Waals surface area contributed by atoms with Crippen LogP contribution in [-0.4, -0.2) is 11.2 Å². The highest BCUT2D eigenvalue weighted by atomic mass is 16.3. The molecular formula is C27H46O. The minimum atomic E-state index is -0.0766. The quantitative estimate of drug-likeness (QED) is 0.488. The Balaban J connectivity index is 1.49. The van der Waals surface area contributed by atoms with Crippen molar-refractivity contribution in [1.82, 2.24) is 0 Å². The van der Waals surface area contributed by atoms with Gasteiger partial charge in [-0.2, -0.15) is 0 Å². The van der Waals surface area contributed by atoms with Crippen molar-refractivity contribution in [3.63, 3.8) is 0 Å². The minimum absolute atomic E-state index is 0.0766. The van der Waals surface area contributed by atoms with Gasteiger partial charge >= 0.3 is 0 Å². The van der Waals surface area contributed by atoms with Gasteiger partial charge in [0.05, 0.1) is 6.10 Å². The lowest BCUT2D eigenvalue weighted by Crippen LogP contribution is -2.50. The summed E-state index contributed by atoms with van der Waals surface area (Å²) in [5.74, 6) is 5.46. The third kappa shape index (κ3) is 3.42. The maximum Gasteiger partial charge on any atom is 0.0577 e. The second-order valence-electron chi connectivity index (χ2n) is 12.2. The fraction of sp³-hybridized carbons (Fsp3) is 0.926. The first-order valence-corrected chi connectivity index (χ1v) is 12.6. The first kappa shape index (κ1) is 21.0. The summed E-state index contributed by atoms with van der Waals surface area (Å²) < 4.78 is 0. The molecule has 0 amide bonds. The van der Waals surface area contributed by atoms with Gasteiger partial charge in [0.2, 0.25) is 0 Å². The van der Waals surface area contributed by atoms with Gasteiger partial charge in [-0.25, -0.2) is 0 Å². The fourth-order valence-electron chi connectivity index (χ4n) is 8.67. The number of aliphatic hydroxyl groups excluding tert-OH is 1. The third-order valence-corrected chi connectivity index (χ3v) is 10.3. The molecule has 1 nitrogen and oxygen atoms in total. The van der Waals surface area contributed by atoms with Gasteiger partial charge in [0.1, 0.15) is 0 Å². The summed E-state index contributed by atoms with van der Waals surface area (Å²) in [6.45, 7) is 12.6. The lowest BCUT2D eigenvalue weighted by atomic mass is 9.47. The van der Waals surface area contributed by atoms with Crippen LogP contribution in [0.15, 0.2) is 11.6 Å². The first-order chi connectivity index (χ1) is 13.3. The van der Waals surface area contributed by atoms with Gasteiger partial charge in [-0.3, -0.25) is 0 Å². The molecular weight excluding hydrogens is 340 g/mol. The van der Waals surface area contributed by atoms with Crippen molar-refractivity contribution < 1.29 is 5.11 Å². The van der Waals surface area contributed by atoms with E-state index in [0.29, 0.717) is 10.8 Å². The average molecular weight is 387 g/mol. The Morgan fingerprint density at radius 2 is 1.79 bits per heavy atom. The Labute approximate surface area is 174 Å². The van der Waals surface area contributed by atoms with Crippen molar-refractivity contribution in [2.45, 2.75) is 111 Å². The Morgan fingerprint density at radius 3 is 2.54 bits per heavy atom. The molecule has 0 bridgehead atoms. The second kappa shape index (κ2) is 7.75. The van der Waals surface area contributed by atoms with Crippen LogP contribution < -0.4 is 0 Å². The summed E-state index contributed by atoms with van der Waals surface area (Å²) >= 11 is 0. The number of aliphatic hydroxyl groups is 1. The van der Waals surface area contributed by atoms with E-state index in [1.807, 2.05) is 0 Å². The van der Waals surface area contributed by atoms with Gasteiger partial charge in [-0.1, -0.05) is 65.5 Å². The monoisotopic (exact) mass is 386 g/mol. The highest BCUT2D eigenvalue weighted by Gasteiger charge is 2.59. The molecule has 0 spiro atoms. The lowest BCUT2D eigenvalue weighted by Gasteiger charge is -2.58. The van der Waals surface area contributed by atoms with Crippen LogP contribution in [0.5, 0.6) is 0 Å². The van der Waals surface area contributed by atoms with Crippen molar-refractivity contribution in [3.05, 3.63) is 11.6 Å². The zero-order valence-corrected chi connectivity index (χ0v) is 19.3. The Kier molecular flexibility index (Phi) is 5.80. The number of fused-ring (bicyclic) bond motifs is 5. The third-order valence-electron chi connectivity index (χ3n) is 10.3. The van der Waals surface area contributed by atoms with Crippen LogP contribution >= 0.6 is 0 Å². The van der Waals surface area contributed by atoms with Crippen LogP contribution in [-0.2, 0) is 0 Å². The molecule has 1 heteroatoms. The van der Waals surface area contributed by atoms with Crippen LogP contribution in [0.4, 0.5) is 0 Å². The van der Waals surface area contributed by atoms with Crippen molar-refractivity contribution in [1.29, 1.82) is 0 Å². The van der Waals surface area contributed by atoms with E-state index in [-0.39, 0.29) is 6.10 Å². The average Bonchev–Trinajstić information content (AvgIpc) is 2.99. The predicted molar refractivity (Wildman–Crippen MR) is 119 cm³/mol. The van der Waals surface area contributed by atoms with Gasteiger partial charge in [-0.15, -0.1) is 0 Å². The molecule has 3 saturated carbocycles. The number of hydrogen-bond donors (Lipinski definition) is 1. The fourth-order valence-corrected chi connectivity index (χ4v) is 8.67. The molecule has 0 heterocycles. The normalized spacial score (nSPS) is 46.5. The number of rotatable bonds is 5. The smallest absolute Gasteiger partial charge is 0.0577 e. The van der Waals surface area contributed by atoms with Crippen molar-refractivity contribution in [3.8, 4) is 0 Å². The topological polar surface area (TPSA) is 20.2 Å². The van der Waals surface area contributed by atoms with E-state index in [0.717, 1.165) is 48.3 Å². The second-order valence-corrected chi connectivity index (χ2v) is 12.2. The largest absolute Gasteiger partial charge is 0.393 e. The first-order valence-electron chi connectivity index (χ1n) is 12.6. The number of allylic oxidation sites excluding steroid dienone is 1. The van der Waals surface area contributed by atoms with Crippen LogP contribution in [0.25, 0.3) is 0 Å². The summed E-state index contributed by atoms with van der Waals surface area (Å²) in [7, 11) is 0. The zero-order chi connectivity index (χ0) is 20.1. The summed E-state index contributed by atoms with van der Waals surface area (Å²) in [6, 6.07) is 0. The van der Waals surface area contributed by atoms with E-state index < -0.39 is 0 Å². The molecule has 4 unspecified atom stereocenters. The molecule has 160 valence electrons. The van der Waals surface area contributed by atoms with Crippen LogP contribution in [0.2, 0.25) is 0 Å². The molecule has 0 aromatic carbocycles. The maximum absolute atomic E-state index is 10.2. The molecule has 4 aliphatic carbocycles. The van der Waals surface area contributed by atoms with Crippen molar-refractivity contribution in [2.24, 2.45) is 46.3 Å². The SMILES string of the molecule is CC(C)CCC[C@H](C)[C@@H]1CCC2C3CC=C4CC(O)CC[C@@]4(C)C3CC[C@]21C. The molecule has 28 heavy (non-hydrogen) atoms. The van der Waals surface area contributed by atoms with Gasteiger partial charge < -0.3 is 5.11 Å². The summed E-state index contributed by atoms with van der Waals surface area (Å²) in [6.07, 6.45) is 17.2. The van der Waals surface area contributed by atoms with E-state index in [4.69, 9.17) is 0 Å². The molecule has 0 aliphatic heterocycles. The van der Waals surface area contributed by atoms with E-state index in [2.05, 4.69) is 40.7 Å². The van der Waals surface area contributed by atoms with Crippen LogP contribution in [0, 0.1) is 46.3 Å². The van der Waals surface area contributed by atoms with Crippen LogP contribution in [0.1, 0.15) is 105 Å². The van der Waals surface area contributed by atoms with E-state index >= 15 is 0 Å². The Morgan fingerprint density at radius 1 is 1.00 bits per heavy atom. The molecule has 3 fully saturated rings. The molecule has 4 aliphatic rings. The van der Waals surface area contributed by atoms with E-state index in [9.17, 15) is 5.11 Å². The van der Waals surface area contributed by atoms with Crippen LogP contribution in [0.3, 0.4) is 0 Å². The molecule has 0 radical (unpaired) electrons.